The zero-order chi connectivity index (χ0) is 13.8. The third-order valence-electron chi connectivity index (χ3n) is 2.80. The maximum atomic E-state index is 12.8. The van der Waals surface area contributed by atoms with Gasteiger partial charge < -0.3 is 4.90 Å². The number of azo groups is 1. The van der Waals surface area contributed by atoms with Gasteiger partial charge in [0.15, 0.2) is 0 Å². The molecule has 2 aromatic rings. The summed E-state index contributed by atoms with van der Waals surface area (Å²) >= 11 is 0. The maximum absolute atomic E-state index is 12.8. The average Bonchev–Trinajstić information content (AvgIpc) is 2.39. The Morgan fingerprint density at radius 2 is 1.63 bits per heavy atom. The second-order valence-electron chi connectivity index (χ2n) is 4.54. The number of hydrogen-bond acceptors (Lipinski definition) is 3. The lowest BCUT2D eigenvalue weighted by molar-refractivity contribution is 0.628. The molecule has 98 valence electrons. The third-order valence-corrected chi connectivity index (χ3v) is 2.80. The van der Waals surface area contributed by atoms with Gasteiger partial charge in [-0.3, -0.25) is 0 Å². The molecule has 0 atom stereocenters. The SMILES string of the molecule is Cc1cc(N(C)C)ccc1N=Nc1ccc(F)cc1. The van der Waals surface area contributed by atoms with E-state index in [1.54, 1.807) is 12.1 Å². The van der Waals surface area contributed by atoms with E-state index < -0.39 is 0 Å². The molecule has 0 aliphatic heterocycles. The van der Waals surface area contributed by atoms with Gasteiger partial charge in [-0.05, 0) is 55.0 Å². The zero-order valence-electron chi connectivity index (χ0n) is 11.3. The van der Waals surface area contributed by atoms with Crippen LogP contribution < -0.4 is 4.90 Å². The molecule has 0 heterocycles. The topological polar surface area (TPSA) is 28.0 Å². The van der Waals surface area contributed by atoms with Gasteiger partial charge in [0.2, 0.25) is 0 Å². The van der Waals surface area contributed by atoms with Crippen LogP contribution >= 0.6 is 0 Å². The molecule has 0 aliphatic rings. The van der Waals surface area contributed by atoms with Crippen LogP contribution in [0.15, 0.2) is 52.7 Å². The lowest BCUT2D eigenvalue weighted by atomic mass is 10.2. The molecule has 0 fully saturated rings. The predicted molar refractivity (Wildman–Crippen MR) is 76.1 cm³/mol. The van der Waals surface area contributed by atoms with Crippen LogP contribution in [0.3, 0.4) is 0 Å². The van der Waals surface area contributed by atoms with Crippen molar-refractivity contribution in [3.63, 3.8) is 0 Å². The summed E-state index contributed by atoms with van der Waals surface area (Å²) < 4.78 is 12.8. The number of nitrogens with zero attached hydrogens (tertiary/aromatic N) is 3. The van der Waals surface area contributed by atoms with Crippen molar-refractivity contribution in [1.82, 2.24) is 0 Å². The predicted octanol–water partition coefficient (Wildman–Crippen LogP) is 4.62. The van der Waals surface area contributed by atoms with Gasteiger partial charge in [0.1, 0.15) is 5.82 Å². The van der Waals surface area contributed by atoms with Gasteiger partial charge in [-0.15, -0.1) is 0 Å². The van der Waals surface area contributed by atoms with Crippen LogP contribution in [-0.2, 0) is 0 Å². The van der Waals surface area contributed by atoms with Crippen LogP contribution in [-0.4, -0.2) is 14.1 Å². The smallest absolute Gasteiger partial charge is 0.123 e. The first kappa shape index (κ1) is 13.2. The molecule has 0 saturated heterocycles. The molecular weight excluding hydrogens is 241 g/mol. The number of hydrogen-bond donors (Lipinski definition) is 0. The Kier molecular flexibility index (Phi) is 3.90. The van der Waals surface area contributed by atoms with Crippen molar-refractivity contribution in [1.29, 1.82) is 0 Å². The van der Waals surface area contributed by atoms with Crippen molar-refractivity contribution in [2.45, 2.75) is 6.92 Å². The van der Waals surface area contributed by atoms with Gasteiger partial charge in [0.25, 0.3) is 0 Å². The molecule has 0 bridgehead atoms. The van der Waals surface area contributed by atoms with Gasteiger partial charge in [0, 0.05) is 19.8 Å². The summed E-state index contributed by atoms with van der Waals surface area (Å²) in [6.07, 6.45) is 0. The van der Waals surface area contributed by atoms with Crippen LogP contribution in [0.25, 0.3) is 0 Å². The highest BCUT2D eigenvalue weighted by Crippen LogP contribution is 2.25. The fourth-order valence-electron chi connectivity index (χ4n) is 1.65. The summed E-state index contributed by atoms with van der Waals surface area (Å²) in [6.45, 7) is 1.99. The quantitative estimate of drug-likeness (QED) is 0.737. The molecule has 0 amide bonds. The fourth-order valence-corrected chi connectivity index (χ4v) is 1.65. The Labute approximate surface area is 112 Å². The first-order chi connectivity index (χ1) is 9.06. The van der Waals surface area contributed by atoms with Crippen molar-refractivity contribution >= 4 is 17.1 Å². The van der Waals surface area contributed by atoms with E-state index in [-0.39, 0.29) is 5.82 Å². The van der Waals surface area contributed by atoms with Crippen LogP contribution in [0.5, 0.6) is 0 Å². The van der Waals surface area contributed by atoms with E-state index in [4.69, 9.17) is 0 Å². The van der Waals surface area contributed by atoms with E-state index >= 15 is 0 Å². The molecule has 19 heavy (non-hydrogen) atoms. The monoisotopic (exact) mass is 257 g/mol. The van der Waals surface area contributed by atoms with Gasteiger partial charge in [-0.2, -0.15) is 10.2 Å². The van der Waals surface area contributed by atoms with Crippen molar-refractivity contribution in [2.24, 2.45) is 10.2 Å². The number of aryl methyl sites for hydroxylation is 1. The summed E-state index contributed by atoms with van der Waals surface area (Å²) in [5.74, 6) is -0.273. The largest absolute Gasteiger partial charge is 0.378 e. The number of anilines is 1. The first-order valence-electron chi connectivity index (χ1n) is 6.01. The van der Waals surface area contributed by atoms with Crippen molar-refractivity contribution < 1.29 is 4.39 Å². The van der Waals surface area contributed by atoms with Gasteiger partial charge in [-0.25, -0.2) is 4.39 Å². The second kappa shape index (κ2) is 5.61. The zero-order valence-corrected chi connectivity index (χ0v) is 11.3. The fraction of sp³-hybridized carbons (Fsp3) is 0.200. The molecule has 2 rings (SSSR count). The molecule has 3 nitrogen and oxygen atoms in total. The Morgan fingerprint density at radius 1 is 0.947 bits per heavy atom. The highest BCUT2D eigenvalue weighted by atomic mass is 19.1. The van der Waals surface area contributed by atoms with E-state index in [0.717, 1.165) is 16.9 Å². The minimum absolute atomic E-state index is 0.273. The molecule has 2 aromatic carbocycles. The number of halogens is 1. The summed E-state index contributed by atoms with van der Waals surface area (Å²) in [5, 5.41) is 8.29. The molecule has 0 aliphatic carbocycles. The number of rotatable bonds is 3. The molecule has 0 aromatic heterocycles. The van der Waals surface area contributed by atoms with E-state index in [1.165, 1.54) is 12.1 Å². The van der Waals surface area contributed by atoms with E-state index in [9.17, 15) is 4.39 Å². The minimum Gasteiger partial charge on any atom is -0.378 e. The summed E-state index contributed by atoms with van der Waals surface area (Å²) in [4.78, 5) is 2.04. The highest BCUT2D eigenvalue weighted by Gasteiger charge is 2.00. The maximum Gasteiger partial charge on any atom is 0.123 e. The molecule has 4 heteroatoms. The molecular formula is C15H16FN3. The molecule has 0 radical (unpaired) electrons. The number of benzene rings is 2. The van der Waals surface area contributed by atoms with Crippen LogP contribution in [0.4, 0.5) is 21.5 Å². The highest BCUT2D eigenvalue weighted by molar-refractivity contribution is 5.57. The standard InChI is InChI=1S/C15H16FN3/c1-11-10-14(19(2)3)8-9-15(11)18-17-13-6-4-12(16)5-7-13/h4-10H,1-3H3. The van der Waals surface area contributed by atoms with Crippen LogP contribution in [0.1, 0.15) is 5.56 Å². The molecule has 0 spiro atoms. The Balaban J connectivity index is 2.21. The van der Waals surface area contributed by atoms with Crippen LogP contribution in [0.2, 0.25) is 0 Å². The van der Waals surface area contributed by atoms with Gasteiger partial charge in [0.05, 0.1) is 11.4 Å². The summed E-state index contributed by atoms with van der Waals surface area (Å²) in [7, 11) is 3.99. The van der Waals surface area contributed by atoms with Crippen LogP contribution in [0, 0.1) is 12.7 Å². The second-order valence-corrected chi connectivity index (χ2v) is 4.54. The normalized spacial score (nSPS) is 10.9. The summed E-state index contributed by atoms with van der Waals surface area (Å²) in [5.41, 5.74) is 3.63. The molecule has 0 saturated carbocycles. The van der Waals surface area contributed by atoms with Crippen molar-refractivity contribution in [2.75, 3.05) is 19.0 Å². The van der Waals surface area contributed by atoms with E-state index in [2.05, 4.69) is 16.3 Å². The third kappa shape index (κ3) is 3.37. The molecule has 0 unspecified atom stereocenters. The lowest BCUT2D eigenvalue weighted by Crippen LogP contribution is -2.08. The van der Waals surface area contributed by atoms with Gasteiger partial charge >= 0.3 is 0 Å². The minimum atomic E-state index is -0.273. The Bertz CT molecular complexity index is 589. The van der Waals surface area contributed by atoms with Crippen molar-refractivity contribution in [3.05, 3.63) is 53.8 Å². The average molecular weight is 257 g/mol. The Hall–Kier alpha value is -2.23. The Morgan fingerprint density at radius 3 is 2.21 bits per heavy atom. The molecule has 0 N–H and O–H groups in total. The van der Waals surface area contributed by atoms with E-state index in [1.807, 2.05) is 38.1 Å². The van der Waals surface area contributed by atoms with E-state index in [0.29, 0.717) is 5.69 Å². The summed E-state index contributed by atoms with van der Waals surface area (Å²) in [6, 6.07) is 11.9. The first-order valence-corrected chi connectivity index (χ1v) is 6.01. The van der Waals surface area contributed by atoms with Crippen molar-refractivity contribution in [3.8, 4) is 0 Å². The van der Waals surface area contributed by atoms with Gasteiger partial charge in [-0.1, -0.05) is 0 Å². The lowest BCUT2D eigenvalue weighted by Gasteiger charge is -2.13.